The van der Waals surface area contributed by atoms with Crippen molar-refractivity contribution in [2.24, 2.45) is 5.92 Å². The van der Waals surface area contributed by atoms with E-state index in [2.05, 4.69) is 37.1 Å². The van der Waals surface area contributed by atoms with E-state index in [4.69, 9.17) is 4.98 Å². The van der Waals surface area contributed by atoms with Crippen LogP contribution in [0, 0.1) is 5.92 Å². The van der Waals surface area contributed by atoms with Gasteiger partial charge in [0.2, 0.25) is 0 Å². The second-order valence-corrected chi connectivity index (χ2v) is 8.68. The Labute approximate surface area is 140 Å². The third-order valence-corrected chi connectivity index (χ3v) is 6.23. The van der Waals surface area contributed by atoms with Gasteiger partial charge < -0.3 is 0 Å². The zero-order valence-corrected chi connectivity index (χ0v) is 14.9. The normalized spacial score (nSPS) is 24.2. The Bertz CT molecular complexity index is 451. The monoisotopic (exact) mass is 318 g/mol. The van der Waals surface area contributed by atoms with E-state index in [0.717, 1.165) is 11.2 Å². The van der Waals surface area contributed by atoms with Crippen molar-refractivity contribution in [3.63, 3.8) is 0 Å². The molecule has 2 fully saturated rings. The molecule has 1 aromatic rings. The van der Waals surface area contributed by atoms with Gasteiger partial charge >= 0.3 is 0 Å². The van der Waals surface area contributed by atoms with Crippen molar-refractivity contribution >= 4 is 11.8 Å². The van der Waals surface area contributed by atoms with Crippen LogP contribution in [0.25, 0.3) is 0 Å². The second kappa shape index (κ2) is 7.83. The molecule has 1 aliphatic heterocycles. The van der Waals surface area contributed by atoms with Gasteiger partial charge in [-0.2, -0.15) is 0 Å². The SMILES string of the molecule is CC(C)CN1CCC[C@H]1c1ccc(SC2CCCCC2)nc1. The van der Waals surface area contributed by atoms with Gasteiger partial charge in [-0.05, 0) is 49.8 Å². The molecule has 0 aromatic carbocycles. The fraction of sp³-hybridized carbons (Fsp3) is 0.737. The number of thioether (sulfide) groups is 1. The molecule has 0 amide bonds. The number of hydrogen-bond donors (Lipinski definition) is 0. The fourth-order valence-electron chi connectivity index (χ4n) is 3.90. The highest BCUT2D eigenvalue weighted by Gasteiger charge is 2.26. The largest absolute Gasteiger partial charge is 0.296 e. The van der Waals surface area contributed by atoms with Crippen molar-refractivity contribution in [3.8, 4) is 0 Å². The molecule has 0 N–H and O–H groups in total. The summed E-state index contributed by atoms with van der Waals surface area (Å²) >= 11 is 2.00. The first-order valence-corrected chi connectivity index (χ1v) is 9.97. The Hall–Kier alpha value is -0.540. The van der Waals surface area contributed by atoms with Crippen molar-refractivity contribution in [1.29, 1.82) is 0 Å². The van der Waals surface area contributed by atoms with Crippen LogP contribution >= 0.6 is 11.8 Å². The van der Waals surface area contributed by atoms with Gasteiger partial charge in [0.15, 0.2) is 0 Å². The zero-order chi connectivity index (χ0) is 15.4. The van der Waals surface area contributed by atoms with Gasteiger partial charge in [0.05, 0.1) is 5.03 Å². The molecule has 0 spiro atoms. The summed E-state index contributed by atoms with van der Waals surface area (Å²) in [6.45, 7) is 7.10. The van der Waals surface area contributed by atoms with Crippen LogP contribution in [0.4, 0.5) is 0 Å². The molecule has 1 aliphatic carbocycles. The Morgan fingerprint density at radius 1 is 1.14 bits per heavy atom. The van der Waals surface area contributed by atoms with E-state index in [1.807, 2.05) is 11.8 Å². The Balaban J connectivity index is 1.60. The Kier molecular flexibility index (Phi) is 5.81. The van der Waals surface area contributed by atoms with Gasteiger partial charge in [-0.1, -0.05) is 39.2 Å². The third-order valence-electron chi connectivity index (χ3n) is 4.95. The van der Waals surface area contributed by atoms with Crippen LogP contribution in [0.5, 0.6) is 0 Å². The molecule has 2 aliphatic rings. The molecule has 1 atom stereocenters. The lowest BCUT2D eigenvalue weighted by Gasteiger charge is -2.26. The average molecular weight is 319 g/mol. The van der Waals surface area contributed by atoms with E-state index in [9.17, 15) is 0 Å². The lowest BCUT2D eigenvalue weighted by Crippen LogP contribution is -2.27. The van der Waals surface area contributed by atoms with Gasteiger partial charge in [-0.25, -0.2) is 4.98 Å². The number of likely N-dealkylation sites (tertiary alicyclic amines) is 1. The van der Waals surface area contributed by atoms with Crippen LogP contribution in [-0.4, -0.2) is 28.2 Å². The quantitative estimate of drug-likeness (QED) is 0.733. The van der Waals surface area contributed by atoms with Crippen LogP contribution in [-0.2, 0) is 0 Å². The molecular weight excluding hydrogens is 288 g/mol. The summed E-state index contributed by atoms with van der Waals surface area (Å²) in [6.07, 6.45) is 11.8. The number of rotatable bonds is 5. The smallest absolute Gasteiger partial charge is 0.0962 e. The van der Waals surface area contributed by atoms with Crippen molar-refractivity contribution in [3.05, 3.63) is 23.9 Å². The molecule has 0 unspecified atom stereocenters. The molecule has 0 radical (unpaired) electrons. The molecule has 3 rings (SSSR count). The van der Waals surface area contributed by atoms with E-state index < -0.39 is 0 Å². The minimum absolute atomic E-state index is 0.601. The summed E-state index contributed by atoms with van der Waals surface area (Å²) in [4.78, 5) is 7.42. The summed E-state index contributed by atoms with van der Waals surface area (Å²) in [6, 6.07) is 5.20. The topological polar surface area (TPSA) is 16.1 Å². The minimum Gasteiger partial charge on any atom is -0.296 e. The Morgan fingerprint density at radius 3 is 2.64 bits per heavy atom. The minimum atomic E-state index is 0.601. The Morgan fingerprint density at radius 2 is 1.95 bits per heavy atom. The summed E-state index contributed by atoms with van der Waals surface area (Å²) in [7, 11) is 0. The van der Waals surface area contributed by atoms with Crippen LogP contribution in [0.1, 0.15) is 70.4 Å². The maximum Gasteiger partial charge on any atom is 0.0962 e. The fourth-order valence-corrected chi connectivity index (χ4v) is 5.07. The van der Waals surface area contributed by atoms with Gasteiger partial charge in [-0.15, -0.1) is 11.8 Å². The molecule has 1 saturated heterocycles. The number of nitrogens with zero attached hydrogens (tertiary/aromatic N) is 2. The number of aromatic nitrogens is 1. The van der Waals surface area contributed by atoms with E-state index in [1.165, 1.54) is 68.6 Å². The third kappa shape index (κ3) is 4.26. The molecule has 122 valence electrons. The van der Waals surface area contributed by atoms with Crippen molar-refractivity contribution < 1.29 is 0 Å². The molecule has 2 heterocycles. The summed E-state index contributed by atoms with van der Waals surface area (Å²) in [5.74, 6) is 0.745. The first kappa shape index (κ1) is 16.3. The second-order valence-electron chi connectivity index (χ2n) is 7.35. The predicted molar refractivity (Wildman–Crippen MR) is 95.4 cm³/mol. The molecule has 1 saturated carbocycles. The van der Waals surface area contributed by atoms with Gasteiger partial charge in [0.25, 0.3) is 0 Å². The number of pyridine rings is 1. The summed E-state index contributed by atoms with van der Waals surface area (Å²) in [5.41, 5.74) is 1.42. The van der Waals surface area contributed by atoms with E-state index in [1.54, 1.807) is 0 Å². The maximum absolute atomic E-state index is 4.77. The van der Waals surface area contributed by atoms with Crippen LogP contribution in [0.2, 0.25) is 0 Å². The highest BCUT2D eigenvalue weighted by atomic mass is 32.2. The zero-order valence-electron chi connectivity index (χ0n) is 14.1. The first-order valence-electron chi connectivity index (χ1n) is 9.09. The summed E-state index contributed by atoms with van der Waals surface area (Å²) < 4.78 is 0. The van der Waals surface area contributed by atoms with Crippen molar-refractivity contribution in [2.75, 3.05) is 13.1 Å². The van der Waals surface area contributed by atoms with Gasteiger partial charge in [-0.3, -0.25) is 4.90 Å². The summed E-state index contributed by atoms with van der Waals surface area (Å²) in [5, 5.41) is 2.03. The standard InChI is InChI=1S/C19H30N2S/c1-15(2)14-21-12-6-9-18(21)16-10-11-19(20-13-16)22-17-7-4-3-5-8-17/h10-11,13,15,17-18H,3-9,12,14H2,1-2H3/t18-/m0/s1. The van der Waals surface area contributed by atoms with Crippen molar-refractivity contribution in [2.45, 2.75) is 75.1 Å². The molecular formula is C19H30N2S. The van der Waals surface area contributed by atoms with Crippen LogP contribution in [0.3, 0.4) is 0 Å². The molecule has 3 heteroatoms. The first-order chi connectivity index (χ1) is 10.7. The highest BCUT2D eigenvalue weighted by Crippen LogP contribution is 2.35. The van der Waals surface area contributed by atoms with Gasteiger partial charge in [0.1, 0.15) is 0 Å². The van der Waals surface area contributed by atoms with Crippen molar-refractivity contribution in [1.82, 2.24) is 9.88 Å². The molecule has 2 nitrogen and oxygen atoms in total. The average Bonchev–Trinajstić information content (AvgIpc) is 2.96. The highest BCUT2D eigenvalue weighted by molar-refractivity contribution is 7.99. The molecule has 1 aromatic heterocycles. The number of hydrogen-bond acceptors (Lipinski definition) is 3. The van der Waals surface area contributed by atoms with Gasteiger partial charge in [0, 0.05) is 24.0 Å². The van der Waals surface area contributed by atoms with E-state index in [0.29, 0.717) is 6.04 Å². The lowest BCUT2D eigenvalue weighted by atomic mass is 10.0. The lowest BCUT2D eigenvalue weighted by molar-refractivity contribution is 0.228. The van der Waals surface area contributed by atoms with E-state index >= 15 is 0 Å². The van der Waals surface area contributed by atoms with E-state index in [-0.39, 0.29) is 0 Å². The molecule has 22 heavy (non-hydrogen) atoms. The van der Waals surface area contributed by atoms with Crippen LogP contribution < -0.4 is 0 Å². The maximum atomic E-state index is 4.77. The predicted octanol–water partition coefficient (Wildman–Crippen LogP) is 5.30. The molecule has 0 bridgehead atoms. The van der Waals surface area contributed by atoms with Crippen LogP contribution in [0.15, 0.2) is 23.4 Å².